The number of hydrogen-bond acceptors (Lipinski definition) is 3. The monoisotopic (exact) mass is 242 g/mol. The van der Waals surface area contributed by atoms with Crippen molar-refractivity contribution in [2.75, 3.05) is 26.7 Å². The van der Waals surface area contributed by atoms with Crippen LogP contribution in [0.5, 0.6) is 5.75 Å². The summed E-state index contributed by atoms with van der Waals surface area (Å²) < 4.78 is 5.38. The van der Waals surface area contributed by atoms with Gasteiger partial charge in [0.15, 0.2) is 0 Å². The Bertz CT molecular complexity index is 342. The van der Waals surface area contributed by atoms with E-state index in [1.807, 2.05) is 19.1 Å². The summed E-state index contributed by atoms with van der Waals surface area (Å²) in [4.78, 5) is 0. The topological polar surface area (TPSA) is 47.3 Å². The van der Waals surface area contributed by atoms with Gasteiger partial charge in [-0.25, -0.2) is 0 Å². The molecule has 0 spiro atoms. The molecule has 0 saturated carbocycles. The van der Waals surface area contributed by atoms with Crippen LogP contribution in [0.3, 0.4) is 0 Å². The lowest BCUT2D eigenvalue weighted by Gasteiger charge is -2.12. The lowest BCUT2D eigenvalue weighted by atomic mass is 10.1. The van der Waals surface area contributed by atoms with Gasteiger partial charge in [0.1, 0.15) is 5.75 Å². The maximum Gasteiger partial charge on any atom is 0.125 e. The molecule has 0 radical (unpaired) electrons. The first-order valence-corrected chi connectivity index (χ1v) is 5.80. The van der Waals surface area contributed by atoms with E-state index in [1.165, 1.54) is 0 Å². The van der Waals surface area contributed by atoms with Gasteiger partial charge in [0.05, 0.1) is 7.11 Å². The third kappa shape index (κ3) is 3.67. The summed E-state index contributed by atoms with van der Waals surface area (Å²) in [5.74, 6) is 0.930. The molecule has 0 fully saturated rings. The minimum Gasteiger partial charge on any atom is -0.496 e. The van der Waals surface area contributed by atoms with E-state index in [4.69, 9.17) is 22.1 Å². The van der Waals surface area contributed by atoms with E-state index in [9.17, 15) is 0 Å². The molecule has 0 unspecified atom stereocenters. The molecule has 0 amide bonds. The molecule has 3 N–H and O–H groups in total. The summed E-state index contributed by atoms with van der Waals surface area (Å²) >= 11 is 6.02. The number of halogens is 1. The first-order valence-electron chi connectivity index (χ1n) is 5.42. The molecule has 0 aliphatic heterocycles. The average Bonchev–Trinajstić information content (AvgIpc) is 2.24. The van der Waals surface area contributed by atoms with Gasteiger partial charge in [-0.3, -0.25) is 0 Å². The summed E-state index contributed by atoms with van der Waals surface area (Å²) in [7, 11) is 1.69. The zero-order chi connectivity index (χ0) is 12.0. The normalized spacial score (nSPS) is 10.5. The predicted molar refractivity (Wildman–Crippen MR) is 68.4 cm³/mol. The van der Waals surface area contributed by atoms with E-state index >= 15 is 0 Å². The number of rotatable bonds is 6. The molecular formula is C12H19ClN2O. The van der Waals surface area contributed by atoms with Crippen LogP contribution in [0.1, 0.15) is 11.1 Å². The summed E-state index contributed by atoms with van der Waals surface area (Å²) in [6.07, 6.45) is 0.893. The minimum atomic E-state index is 0.658. The van der Waals surface area contributed by atoms with Crippen molar-refractivity contribution in [1.29, 1.82) is 0 Å². The molecule has 4 heteroatoms. The lowest BCUT2D eigenvalue weighted by molar-refractivity contribution is 0.406. The second-order valence-electron chi connectivity index (χ2n) is 3.70. The maximum absolute atomic E-state index is 6.02. The predicted octanol–water partition coefficient (Wildman–Crippen LogP) is 1.75. The molecule has 0 saturated heterocycles. The van der Waals surface area contributed by atoms with Crippen molar-refractivity contribution in [2.45, 2.75) is 13.3 Å². The van der Waals surface area contributed by atoms with Gasteiger partial charge in [0.25, 0.3) is 0 Å². The summed E-state index contributed by atoms with van der Waals surface area (Å²) in [6.45, 7) is 4.38. The lowest BCUT2D eigenvalue weighted by Crippen LogP contribution is -2.24. The van der Waals surface area contributed by atoms with Crippen LogP contribution in [0.15, 0.2) is 12.1 Å². The fraction of sp³-hybridized carbons (Fsp3) is 0.500. The highest BCUT2D eigenvalue weighted by Crippen LogP contribution is 2.27. The van der Waals surface area contributed by atoms with Gasteiger partial charge >= 0.3 is 0 Å². The van der Waals surface area contributed by atoms with Crippen LogP contribution in [0.2, 0.25) is 5.02 Å². The summed E-state index contributed by atoms with van der Waals surface area (Å²) in [5.41, 5.74) is 7.61. The molecule has 0 heterocycles. The molecule has 1 aromatic rings. The highest BCUT2D eigenvalue weighted by molar-refractivity contribution is 6.30. The van der Waals surface area contributed by atoms with Gasteiger partial charge in [0.2, 0.25) is 0 Å². The third-order valence-corrected chi connectivity index (χ3v) is 2.63. The highest BCUT2D eigenvalue weighted by atomic mass is 35.5. The molecular weight excluding hydrogens is 224 g/mol. The van der Waals surface area contributed by atoms with E-state index in [1.54, 1.807) is 7.11 Å². The van der Waals surface area contributed by atoms with Crippen molar-refractivity contribution in [3.8, 4) is 5.75 Å². The van der Waals surface area contributed by atoms with E-state index < -0.39 is 0 Å². The Morgan fingerprint density at radius 3 is 2.75 bits per heavy atom. The highest BCUT2D eigenvalue weighted by Gasteiger charge is 2.07. The van der Waals surface area contributed by atoms with Crippen molar-refractivity contribution in [3.05, 3.63) is 28.3 Å². The van der Waals surface area contributed by atoms with E-state index in [0.29, 0.717) is 6.54 Å². The zero-order valence-electron chi connectivity index (χ0n) is 9.85. The Morgan fingerprint density at radius 2 is 2.12 bits per heavy atom. The van der Waals surface area contributed by atoms with E-state index in [-0.39, 0.29) is 0 Å². The smallest absolute Gasteiger partial charge is 0.125 e. The fourth-order valence-corrected chi connectivity index (χ4v) is 2.02. The average molecular weight is 243 g/mol. The molecule has 0 atom stereocenters. The molecule has 0 bridgehead atoms. The molecule has 0 aliphatic carbocycles. The Morgan fingerprint density at radius 1 is 1.38 bits per heavy atom. The third-order valence-electron chi connectivity index (χ3n) is 2.41. The Balaban J connectivity index is 2.69. The van der Waals surface area contributed by atoms with Crippen molar-refractivity contribution in [3.63, 3.8) is 0 Å². The summed E-state index contributed by atoms with van der Waals surface area (Å²) in [5, 5.41) is 4.01. The number of nitrogens with two attached hydrogens (primary N) is 1. The van der Waals surface area contributed by atoms with Crippen LogP contribution in [0, 0.1) is 6.92 Å². The molecule has 1 rings (SSSR count). The molecule has 90 valence electrons. The van der Waals surface area contributed by atoms with E-state index in [2.05, 4.69) is 5.32 Å². The van der Waals surface area contributed by atoms with Gasteiger partial charge in [-0.2, -0.15) is 0 Å². The van der Waals surface area contributed by atoms with Crippen LogP contribution in [0.25, 0.3) is 0 Å². The molecule has 16 heavy (non-hydrogen) atoms. The first kappa shape index (κ1) is 13.3. The standard InChI is InChI=1S/C12H19ClN2O/c1-9-7-11(13)8-10(12(9)16-2)3-5-15-6-4-14/h7-8,15H,3-6,14H2,1-2H3. The first-order chi connectivity index (χ1) is 7.69. The number of ether oxygens (including phenoxy) is 1. The molecule has 0 aliphatic rings. The Hall–Kier alpha value is -0.770. The van der Waals surface area contributed by atoms with Gasteiger partial charge in [-0.05, 0) is 43.1 Å². The summed E-state index contributed by atoms with van der Waals surface area (Å²) in [6, 6.07) is 3.87. The van der Waals surface area contributed by atoms with Crippen molar-refractivity contribution < 1.29 is 4.74 Å². The van der Waals surface area contributed by atoms with E-state index in [0.717, 1.165) is 41.4 Å². The minimum absolute atomic E-state index is 0.658. The van der Waals surface area contributed by atoms with Crippen molar-refractivity contribution in [1.82, 2.24) is 5.32 Å². The maximum atomic E-state index is 6.02. The quantitative estimate of drug-likeness (QED) is 0.748. The van der Waals surface area contributed by atoms with Crippen LogP contribution in [-0.2, 0) is 6.42 Å². The largest absolute Gasteiger partial charge is 0.496 e. The van der Waals surface area contributed by atoms with Crippen molar-refractivity contribution in [2.24, 2.45) is 5.73 Å². The molecule has 1 aromatic carbocycles. The number of nitrogens with one attached hydrogen (secondary N) is 1. The van der Waals surface area contributed by atoms with Gasteiger partial charge in [-0.15, -0.1) is 0 Å². The Kier molecular flexibility index (Phi) is 5.60. The fourth-order valence-electron chi connectivity index (χ4n) is 1.73. The zero-order valence-corrected chi connectivity index (χ0v) is 10.6. The van der Waals surface area contributed by atoms with Gasteiger partial charge in [-0.1, -0.05) is 11.6 Å². The van der Waals surface area contributed by atoms with Crippen LogP contribution in [0.4, 0.5) is 0 Å². The number of methoxy groups -OCH3 is 1. The van der Waals surface area contributed by atoms with Gasteiger partial charge < -0.3 is 15.8 Å². The number of benzene rings is 1. The molecule has 3 nitrogen and oxygen atoms in total. The molecule has 0 aromatic heterocycles. The number of hydrogen-bond donors (Lipinski definition) is 2. The van der Waals surface area contributed by atoms with Gasteiger partial charge in [0, 0.05) is 18.1 Å². The van der Waals surface area contributed by atoms with Crippen LogP contribution < -0.4 is 15.8 Å². The van der Waals surface area contributed by atoms with Crippen LogP contribution >= 0.6 is 11.6 Å². The second-order valence-corrected chi connectivity index (χ2v) is 4.14. The van der Waals surface area contributed by atoms with Crippen molar-refractivity contribution >= 4 is 11.6 Å². The SMILES string of the molecule is COc1c(C)cc(Cl)cc1CCNCCN. The number of aryl methyl sites for hydroxylation is 1. The van der Waals surface area contributed by atoms with Crippen LogP contribution in [-0.4, -0.2) is 26.7 Å². The Labute approximate surface area is 102 Å². The second kappa shape index (κ2) is 6.74.